The van der Waals surface area contributed by atoms with Gasteiger partial charge in [0.05, 0.1) is 5.92 Å². The molecule has 0 spiro atoms. The van der Waals surface area contributed by atoms with Gasteiger partial charge in [-0.25, -0.2) is 12.7 Å². The molecule has 2 aromatic rings. The van der Waals surface area contributed by atoms with Crippen LogP contribution in [0.5, 0.6) is 0 Å². The Kier molecular flexibility index (Phi) is 5.83. The molecule has 140 valence electrons. The Bertz CT molecular complexity index is 904. The second-order valence-electron chi connectivity index (χ2n) is 5.97. The van der Waals surface area contributed by atoms with Crippen molar-refractivity contribution in [2.75, 3.05) is 20.6 Å². The monoisotopic (exact) mass is 379 g/mol. The summed E-state index contributed by atoms with van der Waals surface area (Å²) in [4.78, 5) is 23.9. The van der Waals surface area contributed by atoms with Gasteiger partial charge in [-0.3, -0.25) is 9.59 Å². The van der Waals surface area contributed by atoms with Crippen molar-refractivity contribution in [2.24, 2.45) is 7.05 Å². The van der Waals surface area contributed by atoms with Crippen molar-refractivity contribution in [3.8, 4) is 0 Å². The number of carboxylic acid groups (broad SMARTS) is 1. The maximum absolute atomic E-state index is 12.4. The average Bonchev–Trinajstić information content (AvgIpc) is 2.98. The number of rotatable bonds is 7. The zero-order chi connectivity index (χ0) is 19.5. The number of benzene rings is 1. The summed E-state index contributed by atoms with van der Waals surface area (Å²) in [6, 6.07) is 9.84. The number of aliphatic carboxylic acids is 1. The summed E-state index contributed by atoms with van der Waals surface area (Å²) in [5, 5.41) is 12.0. The number of hydrogen-bond donors (Lipinski definition) is 2. The summed E-state index contributed by atoms with van der Waals surface area (Å²) >= 11 is 0. The standard InChI is InChI=1S/C17H21N3O5S/c1-19(2)26(24,25)13-9-15(20(3)11-13)16(21)18-10-14(17(22)23)12-7-5-4-6-8-12/h4-9,11,14H,10H2,1-3H3,(H,18,21)(H,22,23). The minimum atomic E-state index is -3.66. The molecule has 1 aromatic heterocycles. The molecule has 0 saturated heterocycles. The second-order valence-corrected chi connectivity index (χ2v) is 8.12. The molecule has 9 heteroatoms. The Hall–Kier alpha value is -2.65. The van der Waals surface area contributed by atoms with Crippen LogP contribution in [0.4, 0.5) is 0 Å². The molecule has 2 rings (SSSR count). The number of aromatic nitrogens is 1. The van der Waals surface area contributed by atoms with Gasteiger partial charge >= 0.3 is 5.97 Å². The summed E-state index contributed by atoms with van der Waals surface area (Å²) in [5.41, 5.74) is 0.700. The maximum atomic E-state index is 12.4. The van der Waals surface area contributed by atoms with E-state index in [2.05, 4.69) is 5.32 Å². The number of nitrogens with one attached hydrogen (secondary N) is 1. The third-order valence-electron chi connectivity index (χ3n) is 3.96. The highest BCUT2D eigenvalue weighted by molar-refractivity contribution is 7.89. The van der Waals surface area contributed by atoms with Gasteiger partial charge in [-0.05, 0) is 11.6 Å². The first-order valence-corrected chi connectivity index (χ1v) is 9.23. The number of sulfonamides is 1. The van der Waals surface area contributed by atoms with E-state index in [0.717, 1.165) is 4.31 Å². The van der Waals surface area contributed by atoms with Crippen molar-refractivity contribution in [1.82, 2.24) is 14.2 Å². The lowest BCUT2D eigenvalue weighted by Crippen LogP contribution is -2.32. The molecule has 1 amide bonds. The molecule has 0 saturated carbocycles. The van der Waals surface area contributed by atoms with Crippen LogP contribution in [0, 0.1) is 0 Å². The lowest BCUT2D eigenvalue weighted by Gasteiger charge is -2.14. The fourth-order valence-corrected chi connectivity index (χ4v) is 3.40. The van der Waals surface area contributed by atoms with Gasteiger partial charge in [0.25, 0.3) is 5.91 Å². The van der Waals surface area contributed by atoms with Crippen LogP contribution in [0.2, 0.25) is 0 Å². The molecule has 1 unspecified atom stereocenters. The van der Waals surface area contributed by atoms with Gasteiger partial charge in [0.15, 0.2) is 0 Å². The Morgan fingerprint density at radius 2 is 1.85 bits per heavy atom. The van der Waals surface area contributed by atoms with Crippen molar-refractivity contribution < 1.29 is 23.1 Å². The summed E-state index contributed by atoms with van der Waals surface area (Å²) in [6.07, 6.45) is 1.34. The molecule has 0 bridgehead atoms. The first kappa shape index (κ1) is 19.7. The van der Waals surface area contributed by atoms with Crippen LogP contribution < -0.4 is 5.32 Å². The maximum Gasteiger partial charge on any atom is 0.312 e. The molecule has 1 heterocycles. The van der Waals surface area contributed by atoms with E-state index in [0.29, 0.717) is 5.56 Å². The SMILES string of the molecule is CN(C)S(=O)(=O)c1cc(C(=O)NCC(C(=O)O)c2ccccc2)n(C)c1. The number of nitrogens with zero attached hydrogens (tertiary/aromatic N) is 2. The highest BCUT2D eigenvalue weighted by atomic mass is 32.2. The Balaban J connectivity index is 2.18. The van der Waals surface area contributed by atoms with Gasteiger partial charge in [0.2, 0.25) is 10.0 Å². The summed E-state index contributed by atoms with van der Waals surface area (Å²) < 4.78 is 26.8. The van der Waals surface area contributed by atoms with E-state index in [4.69, 9.17) is 0 Å². The number of carboxylic acids is 1. The fraction of sp³-hybridized carbons (Fsp3) is 0.294. The van der Waals surface area contributed by atoms with Crippen LogP contribution in [0.15, 0.2) is 47.5 Å². The van der Waals surface area contributed by atoms with E-state index in [1.807, 2.05) is 0 Å². The van der Waals surface area contributed by atoms with Crippen molar-refractivity contribution in [3.05, 3.63) is 53.9 Å². The lowest BCUT2D eigenvalue weighted by atomic mass is 9.99. The zero-order valence-electron chi connectivity index (χ0n) is 14.7. The lowest BCUT2D eigenvalue weighted by molar-refractivity contribution is -0.138. The van der Waals surface area contributed by atoms with Crippen LogP contribution in [0.3, 0.4) is 0 Å². The van der Waals surface area contributed by atoms with Crippen LogP contribution in [-0.4, -0.2) is 54.9 Å². The Labute approximate surface area is 152 Å². The molecule has 0 radical (unpaired) electrons. The van der Waals surface area contributed by atoms with E-state index in [9.17, 15) is 23.1 Å². The topological polar surface area (TPSA) is 109 Å². The van der Waals surface area contributed by atoms with Crippen LogP contribution in [0.25, 0.3) is 0 Å². The molecule has 0 fully saturated rings. The van der Waals surface area contributed by atoms with Gasteiger partial charge in [-0.1, -0.05) is 30.3 Å². The van der Waals surface area contributed by atoms with Gasteiger partial charge in [-0.2, -0.15) is 0 Å². The number of carbonyl (C=O) groups is 2. The molecular formula is C17H21N3O5S. The van der Waals surface area contributed by atoms with E-state index in [1.165, 1.54) is 30.9 Å². The number of aryl methyl sites for hydroxylation is 1. The number of hydrogen-bond acceptors (Lipinski definition) is 4. The van der Waals surface area contributed by atoms with Crippen molar-refractivity contribution in [2.45, 2.75) is 10.8 Å². The predicted molar refractivity (Wildman–Crippen MR) is 95.4 cm³/mol. The van der Waals surface area contributed by atoms with Crippen LogP contribution >= 0.6 is 0 Å². The summed E-state index contributed by atoms with van der Waals surface area (Å²) in [5.74, 6) is -2.50. The molecule has 1 atom stereocenters. The quantitative estimate of drug-likeness (QED) is 0.742. The molecule has 8 nitrogen and oxygen atoms in total. The molecule has 0 aliphatic heterocycles. The number of amides is 1. The van der Waals surface area contributed by atoms with E-state index < -0.39 is 27.8 Å². The van der Waals surface area contributed by atoms with Gasteiger partial charge < -0.3 is 15.0 Å². The normalized spacial score (nSPS) is 12.8. The van der Waals surface area contributed by atoms with Crippen LogP contribution in [0.1, 0.15) is 22.0 Å². The predicted octanol–water partition coefficient (Wildman–Crippen LogP) is 0.874. The molecule has 0 aliphatic carbocycles. The van der Waals surface area contributed by atoms with Crippen LogP contribution in [-0.2, 0) is 21.9 Å². The summed E-state index contributed by atoms with van der Waals surface area (Å²) in [7, 11) is 0.694. The van der Waals surface area contributed by atoms with E-state index >= 15 is 0 Å². The molecular weight excluding hydrogens is 358 g/mol. The fourth-order valence-electron chi connectivity index (χ4n) is 2.43. The Morgan fingerprint density at radius 1 is 1.23 bits per heavy atom. The smallest absolute Gasteiger partial charge is 0.312 e. The van der Waals surface area contributed by atoms with Crippen molar-refractivity contribution in [1.29, 1.82) is 0 Å². The van der Waals surface area contributed by atoms with E-state index in [-0.39, 0.29) is 17.1 Å². The highest BCUT2D eigenvalue weighted by Crippen LogP contribution is 2.18. The molecule has 2 N–H and O–H groups in total. The Morgan fingerprint density at radius 3 is 2.38 bits per heavy atom. The third-order valence-corrected chi connectivity index (χ3v) is 5.74. The van der Waals surface area contributed by atoms with Gasteiger partial charge in [0, 0.05) is 33.9 Å². The summed E-state index contributed by atoms with van der Waals surface area (Å²) in [6.45, 7) is -0.112. The average molecular weight is 379 g/mol. The third kappa shape index (κ3) is 4.12. The minimum Gasteiger partial charge on any atom is -0.481 e. The van der Waals surface area contributed by atoms with Crippen molar-refractivity contribution in [3.63, 3.8) is 0 Å². The first-order chi connectivity index (χ1) is 12.1. The van der Waals surface area contributed by atoms with E-state index in [1.54, 1.807) is 37.4 Å². The second kappa shape index (κ2) is 7.71. The molecule has 1 aromatic carbocycles. The first-order valence-electron chi connectivity index (χ1n) is 7.79. The van der Waals surface area contributed by atoms with Crippen molar-refractivity contribution >= 4 is 21.9 Å². The van der Waals surface area contributed by atoms with Gasteiger partial charge in [0.1, 0.15) is 10.6 Å². The minimum absolute atomic E-state index is 0.00649. The largest absolute Gasteiger partial charge is 0.481 e. The van der Waals surface area contributed by atoms with Gasteiger partial charge in [-0.15, -0.1) is 0 Å². The molecule has 26 heavy (non-hydrogen) atoms. The zero-order valence-corrected chi connectivity index (χ0v) is 15.5. The number of carbonyl (C=O) groups excluding carboxylic acids is 1. The highest BCUT2D eigenvalue weighted by Gasteiger charge is 2.24. The molecule has 0 aliphatic rings.